The Kier molecular flexibility index (Phi) is 5.32. The topological polar surface area (TPSA) is 84.5 Å². The largest absolute Gasteiger partial charge is 0.465 e. The van der Waals surface area contributed by atoms with Crippen molar-refractivity contribution in [3.63, 3.8) is 0 Å². The highest BCUT2D eigenvalue weighted by molar-refractivity contribution is 6.44. The molecule has 0 bridgehead atoms. The van der Waals surface area contributed by atoms with E-state index in [0.717, 1.165) is 0 Å². The Balaban J connectivity index is 2.10. The van der Waals surface area contributed by atoms with Gasteiger partial charge in [-0.3, -0.25) is 9.59 Å². The number of halogens is 1. The molecule has 118 valence electrons. The number of ether oxygens (including phenoxy) is 1. The molecule has 0 spiro atoms. The number of rotatable bonds is 3. The third kappa shape index (κ3) is 4.31. The summed E-state index contributed by atoms with van der Waals surface area (Å²) in [5, 5.41) is 5.00. The number of para-hydroxylation sites is 1. The molecule has 0 saturated carbocycles. The molecule has 2 amide bonds. The average Bonchev–Trinajstić information content (AvgIpc) is 2.56. The molecule has 0 heterocycles. The van der Waals surface area contributed by atoms with Gasteiger partial charge >= 0.3 is 17.8 Å². The van der Waals surface area contributed by atoms with E-state index in [1.165, 1.54) is 25.3 Å². The number of carbonyl (C=O) groups excluding carboxylic acids is 3. The maximum Gasteiger partial charge on any atom is 0.337 e. The smallest absolute Gasteiger partial charge is 0.337 e. The Morgan fingerprint density at radius 1 is 0.957 bits per heavy atom. The molecule has 0 aromatic heterocycles. The Morgan fingerprint density at radius 3 is 2.26 bits per heavy atom. The van der Waals surface area contributed by atoms with Gasteiger partial charge in [0.15, 0.2) is 0 Å². The second kappa shape index (κ2) is 7.42. The summed E-state index contributed by atoms with van der Waals surface area (Å²) >= 11 is 5.95. The van der Waals surface area contributed by atoms with Gasteiger partial charge in [-0.1, -0.05) is 29.8 Å². The van der Waals surface area contributed by atoms with Gasteiger partial charge in [0.1, 0.15) is 0 Å². The Bertz CT molecular complexity index is 747. The van der Waals surface area contributed by atoms with Crippen LogP contribution in [0.3, 0.4) is 0 Å². The number of methoxy groups -OCH3 is 1. The van der Waals surface area contributed by atoms with Crippen LogP contribution >= 0.6 is 11.6 Å². The van der Waals surface area contributed by atoms with Gasteiger partial charge in [0.25, 0.3) is 0 Å². The first-order valence-electron chi connectivity index (χ1n) is 6.56. The van der Waals surface area contributed by atoms with Gasteiger partial charge in [-0.05, 0) is 30.3 Å². The maximum atomic E-state index is 11.9. The van der Waals surface area contributed by atoms with Crippen LogP contribution in [0.25, 0.3) is 0 Å². The Hall–Kier alpha value is -2.86. The molecular formula is C16H13ClN2O4. The molecule has 0 unspecified atom stereocenters. The van der Waals surface area contributed by atoms with E-state index in [2.05, 4.69) is 15.4 Å². The molecule has 0 radical (unpaired) electrons. The van der Waals surface area contributed by atoms with Crippen LogP contribution in [-0.2, 0) is 14.3 Å². The molecule has 23 heavy (non-hydrogen) atoms. The van der Waals surface area contributed by atoms with Gasteiger partial charge in [-0.25, -0.2) is 4.79 Å². The van der Waals surface area contributed by atoms with E-state index >= 15 is 0 Å². The lowest BCUT2D eigenvalue weighted by atomic mass is 10.2. The predicted octanol–water partition coefficient (Wildman–Crippen LogP) is 2.70. The van der Waals surface area contributed by atoms with E-state index < -0.39 is 17.8 Å². The van der Waals surface area contributed by atoms with Crippen LogP contribution in [-0.4, -0.2) is 24.9 Å². The highest BCUT2D eigenvalue weighted by Crippen LogP contribution is 2.23. The van der Waals surface area contributed by atoms with Crippen LogP contribution in [0.4, 0.5) is 11.4 Å². The number of benzene rings is 2. The van der Waals surface area contributed by atoms with Crippen molar-refractivity contribution in [2.24, 2.45) is 0 Å². The van der Waals surface area contributed by atoms with Crippen molar-refractivity contribution < 1.29 is 19.1 Å². The second-order valence-electron chi connectivity index (χ2n) is 4.46. The number of anilines is 2. The lowest BCUT2D eigenvalue weighted by Crippen LogP contribution is -2.29. The third-order valence-electron chi connectivity index (χ3n) is 2.87. The first-order valence-corrected chi connectivity index (χ1v) is 6.94. The number of esters is 1. The van der Waals surface area contributed by atoms with Crippen LogP contribution in [0.2, 0.25) is 5.02 Å². The highest BCUT2D eigenvalue weighted by atomic mass is 35.5. The average molecular weight is 333 g/mol. The van der Waals surface area contributed by atoms with Crippen molar-refractivity contribution in [1.29, 1.82) is 0 Å². The molecule has 0 fully saturated rings. The fourth-order valence-corrected chi connectivity index (χ4v) is 1.92. The number of nitrogens with one attached hydrogen (secondary N) is 2. The van der Waals surface area contributed by atoms with Crippen molar-refractivity contribution in [2.75, 3.05) is 17.7 Å². The summed E-state index contributed by atoms with van der Waals surface area (Å²) in [6.07, 6.45) is 0. The number of hydrogen-bond donors (Lipinski definition) is 2. The summed E-state index contributed by atoms with van der Waals surface area (Å²) in [5.74, 6) is -2.33. The van der Waals surface area contributed by atoms with E-state index in [-0.39, 0.29) is 16.3 Å². The standard InChI is InChI=1S/C16H13ClN2O4/c1-23-16(22)10-7-8-12(17)13(9-10)19-15(21)14(20)18-11-5-3-2-4-6-11/h2-9H,1H3,(H,18,20)(H,19,21). The van der Waals surface area contributed by atoms with Gasteiger partial charge in [0.05, 0.1) is 23.4 Å². The normalized spacial score (nSPS) is 9.83. The van der Waals surface area contributed by atoms with Crippen LogP contribution < -0.4 is 10.6 Å². The summed E-state index contributed by atoms with van der Waals surface area (Å²) in [6, 6.07) is 12.8. The highest BCUT2D eigenvalue weighted by Gasteiger charge is 2.17. The van der Waals surface area contributed by atoms with Crippen LogP contribution in [0.1, 0.15) is 10.4 Å². The van der Waals surface area contributed by atoms with Crippen LogP contribution in [0, 0.1) is 0 Å². The summed E-state index contributed by atoms with van der Waals surface area (Å²) in [4.78, 5) is 35.2. The molecule has 2 rings (SSSR count). The molecule has 2 aromatic rings. The van der Waals surface area contributed by atoms with Crippen molar-refractivity contribution >= 4 is 40.8 Å². The zero-order valence-electron chi connectivity index (χ0n) is 12.1. The zero-order valence-corrected chi connectivity index (χ0v) is 12.9. The molecule has 0 aliphatic carbocycles. The molecular weight excluding hydrogens is 320 g/mol. The molecule has 2 aromatic carbocycles. The summed E-state index contributed by atoms with van der Waals surface area (Å²) < 4.78 is 4.59. The Labute approximate surface area is 137 Å². The molecule has 6 nitrogen and oxygen atoms in total. The predicted molar refractivity (Wildman–Crippen MR) is 86.5 cm³/mol. The van der Waals surface area contributed by atoms with Gasteiger partial charge in [-0.2, -0.15) is 0 Å². The SMILES string of the molecule is COC(=O)c1ccc(Cl)c(NC(=O)C(=O)Nc2ccccc2)c1. The molecule has 7 heteroatoms. The fraction of sp³-hybridized carbons (Fsp3) is 0.0625. The minimum Gasteiger partial charge on any atom is -0.465 e. The van der Waals surface area contributed by atoms with E-state index in [1.54, 1.807) is 30.3 Å². The molecule has 2 N–H and O–H groups in total. The Morgan fingerprint density at radius 2 is 1.61 bits per heavy atom. The van der Waals surface area contributed by atoms with E-state index in [0.29, 0.717) is 5.69 Å². The quantitative estimate of drug-likeness (QED) is 0.668. The number of amides is 2. The molecule has 0 atom stereocenters. The zero-order chi connectivity index (χ0) is 16.8. The maximum absolute atomic E-state index is 11.9. The van der Waals surface area contributed by atoms with Crippen molar-refractivity contribution in [3.05, 3.63) is 59.1 Å². The number of hydrogen-bond acceptors (Lipinski definition) is 4. The first kappa shape index (κ1) is 16.5. The van der Waals surface area contributed by atoms with Gasteiger partial charge in [-0.15, -0.1) is 0 Å². The third-order valence-corrected chi connectivity index (χ3v) is 3.20. The van der Waals surface area contributed by atoms with Gasteiger partial charge in [0, 0.05) is 5.69 Å². The molecule has 0 saturated heterocycles. The lowest BCUT2D eigenvalue weighted by Gasteiger charge is -2.09. The van der Waals surface area contributed by atoms with E-state index in [9.17, 15) is 14.4 Å². The van der Waals surface area contributed by atoms with E-state index in [4.69, 9.17) is 11.6 Å². The van der Waals surface area contributed by atoms with E-state index in [1.807, 2.05) is 0 Å². The minimum absolute atomic E-state index is 0.141. The van der Waals surface area contributed by atoms with Crippen LogP contribution in [0.5, 0.6) is 0 Å². The molecule has 0 aliphatic rings. The summed E-state index contributed by atoms with van der Waals surface area (Å²) in [7, 11) is 1.24. The van der Waals surface area contributed by atoms with Crippen molar-refractivity contribution in [1.82, 2.24) is 0 Å². The second-order valence-corrected chi connectivity index (χ2v) is 4.87. The van der Waals surface area contributed by atoms with Gasteiger partial charge < -0.3 is 15.4 Å². The van der Waals surface area contributed by atoms with Gasteiger partial charge in [0.2, 0.25) is 0 Å². The summed E-state index contributed by atoms with van der Waals surface area (Å²) in [5.41, 5.74) is 0.834. The lowest BCUT2D eigenvalue weighted by molar-refractivity contribution is -0.132. The van der Waals surface area contributed by atoms with Crippen molar-refractivity contribution in [3.8, 4) is 0 Å². The fourth-order valence-electron chi connectivity index (χ4n) is 1.75. The molecule has 0 aliphatic heterocycles. The monoisotopic (exact) mass is 332 g/mol. The number of carbonyl (C=O) groups is 3. The first-order chi connectivity index (χ1) is 11.0. The minimum atomic E-state index is -0.905. The van der Waals surface area contributed by atoms with Crippen molar-refractivity contribution in [2.45, 2.75) is 0 Å². The van der Waals surface area contributed by atoms with Crippen LogP contribution in [0.15, 0.2) is 48.5 Å². The summed E-state index contributed by atoms with van der Waals surface area (Å²) in [6.45, 7) is 0.